The number of hydrogen-bond acceptors (Lipinski definition) is 2. The quantitative estimate of drug-likeness (QED) is 0.899. The summed E-state index contributed by atoms with van der Waals surface area (Å²) in [6.45, 7) is 6.55. The van der Waals surface area contributed by atoms with Crippen molar-refractivity contribution in [3.8, 4) is 0 Å². The number of carbonyl (C=O) groups excluding carboxylic acids is 2. The highest BCUT2D eigenvalue weighted by atomic mass is 16.2. The van der Waals surface area contributed by atoms with E-state index in [0.29, 0.717) is 6.54 Å². The molecule has 0 bridgehead atoms. The van der Waals surface area contributed by atoms with Gasteiger partial charge in [-0.05, 0) is 37.5 Å². The van der Waals surface area contributed by atoms with Crippen molar-refractivity contribution >= 4 is 11.8 Å². The lowest BCUT2D eigenvalue weighted by Gasteiger charge is -2.25. The fourth-order valence-electron chi connectivity index (χ4n) is 2.50. The first kappa shape index (κ1) is 13.6. The van der Waals surface area contributed by atoms with Crippen LogP contribution in [0.4, 0.5) is 0 Å². The van der Waals surface area contributed by atoms with Crippen LogP contribution in [0.5, 0.6) is 0 Å². The molecule has 2 atom stereocenters. The Hall–Kier alpha value is -1.84. The van der Waals surface area contributed by atoms with Crippen LogP contribution in [-0.2, 0) is 9.59 Å². The molecule has 19 heavy (non-hydrogen) atoms. The molecule has 1 heterocycles. The molecule has 0 aliphatic carbocycles. The second-order valence-corrected chi connectivity index (χ2v) is 5.37. The van der Waals surface area contributed by atoms with E-state index in [1.54, 1.807) is 4.90 Å². The summed E-state index contributed by atoms with van der Waals surface area (Å²) in [6.07, 6.45) is 0.241. The molecule has 0 spiro atoms. The molecular formula is C15H20N2O2. The molecule has 102 valence electrons. The van der Waals surface area contributed by atoms with E-state index in [2.05, 4.69) is 26.0 Å². The van der Waals surface area contributed by atoms with Crippen LogP contribution >= 0.6 is 0 Å². The smallest absolute Gasteiger partial charge is 0.223 e. The lowest BCUT2D eigenvalue weighted by Crippen LogP contribution is -2.30. The first-order valence-electron chi connectivity index (χ1n) is 6.56. The lowest BCUT2D eigenvalue weighted by atomic mass is 10.0. The Bertz CT molecular complexity index is 525. The SMILES string of the molecule is Cc1ccc(C(C)N2CC(C(N)=O)CC2=O)cc1C. The van der Waals surface area contributed by atoms with Gasteiger partial charge in [0.2, 0.25) is 11.8 Å². The molecule has 1 aromatic carbocycles. The van der Waals surface area contributed by atoms with Crippen LogP contribution < -0.4 is 5.73 Å². The monoisotopic (exact) mass is 260 g/mol. The predicted molar refractivity (Wildman–Crippen MR) is 73.3 cm³/mol. The molecule has 1 aliphatic heterocycles. The third-order valence-electron chi connectivity index (χ3n) is 4.04. The number of carbonyl (C=O) groups is 2. The summed E-state index contributed by atoms with van der Waals surface area (Å²) in [7, 11) is 0. The first-order chi connectivity index (χ1) is 8.90. The van der Waals surface area contributed by atoms with Gasteiger partial charge in [0.25, 0.3) is 0 Å². The van der Waals surface area contributed by atoms with Crippen molar-refractivity contribution in [2.75, 3.05) is 6.54 Å². The number of aryl methyl sites for hydroxylation is 2. The molecule has 0 aromatic heterocycles. The van der Waals surface area contributed by atoms with E-state index < -0.39 is 0 Å². The first-order valence-corrected chi connectivity index (χ1v) is 6.56. The van der Waals surface area contributed by atoms with Gasteiger partial charge >= 0.3 is 0 Å². The van der Waals surface area contributed by atoms with E-state index in [1.165, 1.54) is 11.1 Å². The highest BCUT2D eigenvalue weighted by Gasteiger charge is 2.35. The zero-order valence-electron chi connectivity index (χ0n) is 11.6. The van der Waals surface area contributed by atoms with E-state index in [1.807, 2.05) is 13.0 Å². The fraction of sp³-hybridized carbons (Fsp3) is 0.467. The summed E-state index contributed by atoms with van der Waals surface area (Å²) in [5, 5.41) is 0. The minimum absolute atomic E-state index is 0.00882. The molecule has 2 N–H and O–H groups in total. The maximum absolute atomic E-state index is 12.0. The number of primary amides is 1. The number of hydrogen-bond donors (Lipinski definition) is 1. The van der Waals surface area contributed by atoms with Gasteiger partial charge in [-0.2, -0.15) is 0 Å². The molecule has 2 unspecified atom stereocenters. The summed E-state index contributed by atoms with van der Waals surface area (Å²) in [5.41, 5.74) is 8.83. The number of benzene rings is 1. The van der Waals surface area contributed by atoms with E-state index in [4.69, 9.17) is 5.73 Å². The molecule has 2 rings (SSSR count). The van der Waals surface area contributed by atoms with Crippen molar-refractivity contribution in [1.82, 2.24) is 4.90 Å². The minimum atomic E-state index is -0.386. The summed E-state index contributed by atoms with van der Waals surface area (Å²) < 4.78 is 0. The summed E-state index contributed by atoms with van der Waals surface area (Å²) >= 11 is 0. The Balaban J connectivity index is 2.19. The highest BCUT2D eigenvalue weighted by molar-refractivity contribution is 5.88. The summed E-state index contributed by atoms with van der Waals surface area (Å²) in [5.74, 6) is -0.723. The Morgan fingerprint density at radius 2 is 2.05 bits per heavy atom. The maximum Gasteiger partial charge on any atom is 0.223 e. The van der Waals surface area contributed by atoms with Gasteiger partial charge in [0, 0.05) is 13.0 Å². The number of likely N-dealkylation sites (tertiary alicyclic amines) is 1. The fourth-order valence-corrected chi connectivity index (χ4v) is 2.50. The average Bonchev–Trinajstić information content (AvgIpc) is 2.74. The number of rotatable bonds is 3. The van der Waals surface area contributed by atoms with Crippen LogP contribution in [0.2, 0.25) is 0 Å². The largest absolute Gasteiger partial charge is 0.369 e. The average molecular weight is 260 g/mol. The van der Waals surface area contributed by atoms with E-state index in [9.17, 15) is 9.59 Å². The maximum atomic E-state index is 12.0. The summed E-state index contributed by atoms with van der Waals surface area (Å²) in [4.78, 5) is 24.9. The standard InChI is InChI=1S/C15H20N2O2/c1-9-4-5-12(6-10(9)2)11(3)17-8-13(15(16)19)7-14(17)18/h4-6,11,13H,7-8H2,1-3H3,(H2,16,19). The number of amides is 2. The second-order valence-electron chi connectivity index (χ2n) is 5.37. The Kier molecular flexibility index (Phi) is 3.60. The van der Waals surface area contributed by atoms with Crippen molar-refractivity contribution < 1.29 is 9.59 Å². The molecule has 1 aromatic rings. The predicted octanol–water partition coefficient (Wildman–Crippen LogP) is 1.70. The topological polar surface area (TPSA) is 63.4 Å². The zero-order valence-corrected chi connectivity index (χ0v) is 11.6. The van der Waals surface area contributed by atoms with Gasteiger partial charge in [0.1, 0.15) is 0 Å². The van der Waals surface area contributed by atoms with Crippen LogP contribution in [-0.4, -0.2) is 23.3 Å². The van der Waals surface area contributed by atoms with Gasteiger partial charge < -0.3 is 10.6 Å². The zero-order chi connectivity index (χ0) is 14.2. The van der Waals surface area contributed by atoms with Crippen molar-refractivity contribution in [1.29, 1.82) is 0 Å². The molecular weight excluding hydrogens is 240 g/mol. The van der Waals surface area contributed by atoms with Crippen molar-refractivity contribution in [2.45, 2.75) is 33.2 Å². The van der Waals surface area contributed by atoms with E-state index >= 15 is 0 Å². The van der Waals surface area contributed by atoms with Crippen molar-refractivity contribution in [3.05, 3.63) is 34.9 Å². The van der Waals surface area contributed by atoms with Crippen molar-refractivity contribution in [3.63, 3.8) is 0 Å². The molecule has 0 saturated carbocycles. The third kappa shape index (κ3) is 2.62. The van der Waals surface area contributed by atoms with Crippen LogP contribution in [0.25, 0.3) is 0 Å². The molecule has 4 nitrogen and oxygen atoms in total. The normalized spacial score (nSPS) is 20.7. The lowest BCUT2D eigenvalue weighted by molar-refractivity contribution is -0.130. The van der Waals surface area contributed by atoms with E-state index in [-0.39, 0.29) is 30.2 Å². The van der Waals surface area contributed by atoms with Crippen molar-refractivity contribution in [2.24, 2.45) is 11.7 Å². The molecule has 0 radical (unpaired) electrons. The molecule has 1 aliphatic rings. The van der Waals surface area contributed by atoms with Crippen LogP contribution in [0.15, 0.2) is 18.2 Å². The van der Waals surface area contributed by atoms with Gasteiger partial charge in [-0.1, -0.05) is 18.2 Å². The molecule has 2 amide bonds. The Morgan fingerprint density at radius 1 is 1.37 bits per heavy atom. The third-order valence-corrected chi connectivity index (χ3v) is 4.04. The van der Waals surface area contributed by atoms with Gasteiger partial charge in [-0.3, -0.25) is 9.59 Å². The van der Waals surface area contributed by atoms with Crippen LogP contribution in [0.3, 0.4) is 0 Å². The molecule has 1 fully saturated rings. The number of nitrogens with zero attached hydrogens (tertiary/aromatic N) is 1. The van der Waals surface area contributed by atoms with E-state index in [0.717, 1.165) is 5.56 Å². The summed E-state index contributed by atoms with van der Waals surface area (Å²) in [6, 6.07) is 6.19. The second kappa shape index (κ2) is 5.03. The van der Waals surface area contributed by atoms with Crippen LogP contribution in [0, 0.1) is 19.8 Å². The Labute approximate surface area is 113 Å². The van der Waals surface area contributed by atoms with Crippen LogP contribution in [0.1, 0.15) is 36.1 Å². The van der Waals surface area contributed by atoms with Gasteiger partial charge in [0.05, 0.1) is 12.0 Å². The van der Waals surface area contributed by atoms with Gasteiger partial charge in [-0.15, -0.1) is 0 Å². The van der Waals surface area contributed by atoms with Gasteiger partial charge in [-0.25, -0.2) is 0 Å². The highest BCUT2D eigenvalue weighted by Crippen LogP contribution is 2.29. The number of nitrogens with two attached hydrogens (primary N) is 1. The molecule has 1 saturated heterocycles. The molecule has 4 heteroatoms. The van der Waals surface area contributed by atoms with Gasteiger partial charge in [0.15, 0.2) is 0 Å². The minimum Gasteiger partial charge on any atom is -0.369 e. The Morgan fingerprint density at radius 3 is 2.58 bits per heavy atom.